The highest BCUT2D eigenvalue weighted by atomic mass is 16.4. The molecule has 4 nitrogen and oxygen atoms in total. The monoisotopic (exact) mass is 616 g/mol. The first-order chi connectivity index (χ1) is 22.9. The Labute approximate surface area is 278 Å². The summed E-state index contributed by atoms with van der Waals surface area (Å²) in [5.74, 6) is -0.125. The lowest BCUT2D eigenvalue weighted by molar-refractivity contribution is -0.255. The van der Waals surface area contributed by atoms with Crippen LogP contribution in [0.5, 0.6) is 0 Å². The highest BCUT2D eigenvalue weighted by molar-refractivity contribution is 5.91. The summed E-state index contributed by atoms with van der Waals surface area (Å²) in [5.41, 5.74) is 13.3. The van der Waals surface area contributed by atoms with Crippen LogP contribution in [0.15, 0.2) is 109 Å². The summed E-state index contributed by atoms with van der Waals surface area (Å²) in [7, 11) is 0. The molecule has 2 heterocycles. The molecule has 47 heavy (non-hydrogen) atoms. The first-order valence-corrected chi connectivity index (χ1v) is 17.0. The highest BCUT2D eigenvalue weighted by Gasteiger charge is 2.46. The maximum absolute atomic E-state index is 12.6. The molecule has 0 aromatic heterocycles. The van der Waals surface area contributed by atoms with Crippen LogP contribution in [0, 0.1) is 5.92 Å². The normalized spacial score (nSPS) is 16.2. The number of carboxylic acid groups (broad SMARTS) is 1. The van der Waals surface area contributed by atoms with Crippen LogP contribution < -0.4 is 14.9 Å². The number of carbonyl (C=O) groups excluding carboxylic acids is 1. The van der Waals surface area contributed by atoms with E-state index in [0.717, 1.165) is 74.5 Å². The van der Waals surface area contributed by atoms with E-state index in [1.165, 1.54) is 44.8 Å². The molecular weight excluding hydrogens is 576 g/mol. The standard InChI is InChI=1S/C43H40N2O2/c1-43(2)37-25-39-31(17-11-21-44(39)27-29-13-5-3-6-14-29)23-35(37)41(33-19-9-10-20-34(33)42(46)47)36-24-32-18-12-22-45(40(32)26-38(36)43)28-30-15-7-4-8-16-30/h3-10,13-16,19-20,23-26H,11-12,17-18,21-22,27-28H2,1-2H3. The molecule has 0 saturated heterocycles. The number of fused-ring (bicyclic) bond motifs is 4. The number of aryl methyl sites for hydroxylation is 2. The van der Waals surface area contributed by atoms with Gasteiger partial charge in [-0.1, -0.05) is 66.7 Å². The predicted molar refractivity (Wildman–Crippen MR) is 188 cm³/mol. The van der Waals surface area contributed by atoms with Gasteiger partial charge in [0, 0.05) is 54.0 Å². The summed E-state index contributed by atoms with van der Waals surface area (Å²) < 4.78 is 0. The molecule has 0 radical (unpaired) electrons. The van der Waals surface area contributed by atoms with E-state index in [4.69, 9.17) is 0 Å². The van der Waals surface area contributed by atoms with E-state index in [2.05, 4.69) is 109 Å². The van der Waals surface area contributed by atoms with Crippen LogP contribution in [0.1, 0.15) is 87.1 Å². The Morgan fingerprint density at radius 2 is 1.13 bits per heavy atom. The van der Waals surface area contributed by atoms with Crippen LogP contribution in [0.3, 0.4) is 0 Å². The quantitative estimate of drug-likeness (QED) is 0.184. The van der Waals surface area contributed by atoms with Gasteiger partial charge in [-0.2, -0.15) is 0 Å². The van der Waals surface area contributed by atoms with Gasteiger partial charge < -0.3 is 19.7 Å². The average molecular weight is 617 g/mol. The molecule has 0 atom stereocenters. The minimum absolute atomic E-state index is 0.242. The number of benzene rings is 5. The van der Waals surface area contributed by atoms with Crippen LogP contribution in [0.2, 0.25) is 0 Å². The van der Waals surface area contributed by atoms with E-state index in [0.29, 0.717) is 0 Å². The van der Waals surface area contributed by atoms with Crippen molar-refractivity contribution in [3.8, 4) is 0 Å². The number of hydrogen-bond acceptors (Lipinski definition) is 4. The number of anilines is 2. The maximum Gasteiger partial charge on any atom is 0.0968 e. The molecule has 0 amide bonds. The van der Waals surface area contributed by atoms with Gasteiger partial charge >= 0.3 is 0 Å². The fourth-order valence-electron chi connectivity index (χ4n) is 8.26. The van der Waals surface area contributed by atoms with Crippen LogP contribution >= 0.6 is 0 Å². The summed E-state index contributed by atoms with van der Waals surface area (Å²) in [4.78, 5) is 17.6. The second-order valence-electron chi connectivity index (χ2n) is 13.9. The van der Waals surface area contributed by atoms with Crippen molar-refractivity contribution in [1.82, 2.24) is 0 Å². The fraction of sp³-hybridized carbons (Fsp3) is 0.256. The lowest BCUT2D eigenvalue weighted by Gasteiger charge is -2.40. The van der Waals surface area contributed by atoms with Crippen molar-refractivity contribution < 1.29 is 9.90 Å². The van der Waals surface area contributed by atoms with Gasteiger partial charge in [-0.3, -0.25) is 0 Å². The van der Waals surface area contributed by atoms with Crippen molar-refractivity contribution in [2.24, 2.45) is 0 Å². The third kappa shape index (κ3) is 5.17. The molecule has 2 aliphatic heterocycles. The van der Waals surface area contributed by atoms with Gasteiger partial charge in [0.05, 0.1) is 45.4 Å². The van der Waals surface area contributed by atoms with E-state index >= 15 is 0 Å². The molecule has 234 valence electrons. The first-order valence-electron chi connectivity index (χ1n) is 17.0. The van der Waals surface area contributed by atoms with Gasteiger partial charge in [-0.25, -0.2) is 0 Å². The lowest BCUT2D eigenvalue weighted by Crippen LogP contribution is -2.36. The largest absolute Gasteiger partial charge is 0.538 e. The lowest BCUT2D eigenvalue weighted by atomic mass is 9.62. The van der Waals surface area contributed by atoms with Gasteiger partial charge in [0.15, 0.2) is 0 Å². The fourth-order valence-corrected chi connectivity index (χ4v) is 8.26. The molecule has 0 N–H and O–H groups in total. The number of carbonyl (C=O) groups is 1. The Morgan fingerprint density at radius 1 is 0.660 bits per heavy atom. The van der Waals surface area contributed by atoms with Crippen LogP contribution in [-0.2, 0) is 31.3 Å². The van der Waals surface area contributed by atoms with E-state index in [1.807, 2.05) is 12.1 Å². The minimum Gasteiger partial charge on any atom is -0.538 e. The molecular formula is C43H40N2O2. The molecule has 0 saturated carbocycles. The Bertz CT molecular complexity index is 1850. The summed E-state index contributed by atoms with van der Waals surface area (Å²) in [6.45, 7) is 8.47. The predicted octanol–water partition coefficient (Wildman–Crippen LogP) is 7.61. The van der Waals surface area contributed by atoms with E-state index in [-0.39, 0.29) is 11.0 Å². The summed E-state index contributed by atoms with van der Waals surface area (Å²) in [6, 6.07) is 38.5. The molecule has 0 bridgehead atoms. The van der Waals surface area contributed by atoms with Gasteiger partial charge in [-0.15, -0.1) is 0 Å². The molecule has 1 aliphatic carbocycles. The Kier molecular flexibility index (Phi) is 7.32. The number of nitrogens with zero attached hydrogens (tertiary/aromatic N) is 2. The first kappa shape index (κ1) is 29.4. The number of carboxylic acids is 1. The smallest absolute Gasteiger partial charge is 0.0968 e. The molecule has 4 heteroatoms. The van der Waals surface area contributed by atoms with Gasteiger partial charge in [0.1, 0.15) is 0 Å². The van der Waals surface area contributed by atoms with Crippen LogP contribution in [-0.4, -0.2) is 19.1 Å². The third-order valence-electron chi connectivity index (χ3n) is 10.6. The number of rotatable bonds is 6. The summed E-state index contributed by atoms with van der Waals surface area (Å²) in [6.07, 6.45) is 4.20. The molecule has 8 rings (SSSR count). The van der Waals surface area contributed by atoms with E-state index in [9.17, 15) is 9.90 Å². The molecule has 0 unspecified atom stereocenters. The van der Waals surface area contributed by atoms with Crippen molar-refractivity contribution in [2.75, 3.05) is 22.9 Å². The highest BCUT2D eigenvalue weighted by Crippen LogP contribution is 2.53. The molecule has 0 fully saturated rings. The summed E-state index contributed by atoms with van der Waals surface area (Å²) in [5, 5.41) is 12.6. The minimum atomic E-state index is -1.14. The van der Waals surface area contributed by atoms with Crippen molar-refractivity contribution >= 4 is 17.3 Å². The van der Waals surface area contributed by atoms with Gasteiger partial charge in [-0.05, 0) is 93.1 Å². The topological polar surface area (TPSA) is 46.6 Å². The van der Waals surface area contributed by atoms with E-state index in [1.54, 1.807) is 12.1 Å². The van der Waals surface area contributed by atoms with E-state index < -0.39 is 5.97 Å². The molecule has 0 spiro atoms. The number of hydrogen-bond donors (Lipinski definition) is 0. The zero-order valence-corrected chi connectivity index (χ0v) is 27.3. The Morgan fingerprint density at radius 3 is 1.62 bits per heavy atom. The van der Waals surface area contributed by atoms with Crippen molar-refractivity contribution in [1.29, 1.82) is 0 Å². The average Bonchev–Trinajstić information content (AvgIpc) is 3.09. The molecule has 3 aliphatic rings. The maximum atomic E-state index is 12.6. The number of aromatic carboxylic acids is 1. The van der Waals surface area contributed by atoms with Gasteiger partial charge in [0.2, 0.25) is 0 Å². The Hall–Kier alpha value is -4.96. The van der Waals surface area contributed by atoms with Crippen molar-refractivity contribution in [3.63, 3.8) is 0 Å². The Balaban J connectivity index is 1.32. The van der Waals surface area contributed by atoms with Crippen molar-refractivity contribution in [2.45, 2.75) is 58.0 Å². The molecule has 5 aromatic carbocycles. The zero-order valence-electron chi connectivity index (χ0n) is 27.3. The third-order valence-corrected chi connectivity index (χ3v) is 10.6. The van der Waals surface area contributed by atoms with Gasteiger partial charge in [0.25, 0.3) is 0 Å². The summed E-state index contributed by atoms with van der Waals surface area (Å²) >= 11 is 0. The zero-order chi connectivity index (χ0) is 32.1. The SMILES string of the molecule is CC1(C)c2cc3c(cc2[C+](c2ccccc2C(=O)[O-])c2cc4c(cc21)N(Cc1ccccc1)CCC4)CCCN3Cc1ccccc1. The second kappa shape index (κ2) is 11.7. The van der Waals surface area contributed by atoms with Crippen molar-refractivity contribution in [3.05, 3.63) is 171 Å². The van der Waals surface area contributed by atoms with Crippen LogP contribution in [0.4, 0.5) is 11.4 Å². The van der Waals surface area contributed by atoms with Crippen LogP contribution in [0.25, 0.3) is 0 Å². The molecule has 5 aromatic rings. The second-order valence-corrected chi connectivity index (χ2v) is 13.9.